The van der Waals surface area contributed by atoms with E-state index in [0.717, 1.165) is 0 Å². The normalized spacial score (nSPS) is 12.9. The van der Waals surface area contributed by atoms with Gasteiger partial charge in [0.25, 0.3) is 0 Å². The van der Waals surface area contributed by atoms with E-state index in [0.29, 0.717) is 10.6 Å². The van der Waals surface area contributed by atoms with E-state index < -0.39 is 18.1 Å². The van der Waals surface area contributed by atoms with Gasteiger partial charge >= 0.3 is 5.97 Å². The van der Waals surface area contributed by atoms with Crippen molar-refractivity contribution in [2.45, 2.75) is 32.4 Å². The summed E-state index contributed by atoms with van der Waals surface area (Å²) in [6, 6.07) is 5.78. The van der Waals surface area contributed by atoms with Crippen LogP contribution in [0.15, 0.2) is 24.3 Å². The maximum Gasteiger partial charge on any atom is 0.325 e. The monoisotopic (exact) mass is 349 g/mol. The number of aliphatic hydroxyl groups excluding tert-OH is 1. The summed E-state index contributed by atoms with van der Waals surface area (Å²) < 4.78 is 4.86. The lowest BCUT2D eigenvalue weighted by atomic mass is 10.1. The summed E-state index contributed by atoms with van der Waals surface area (Å²) in [4.78, 5) is 23.6. The number of hydrogen-bond acceptors (Lipinski definition) is 5. The Balaban J connectivity index is 0.00000441. The Morgan fingerprint density at radius 1 is 1.32 bits per heavy atom. The van der Waals surface area contributed by atoms with E-state index in [-0.39, 0.29) is 37.8 Å². The van der Waals surface area contributed by atoms with Crippen LogP contribution >= 0.6 is 24.0 Å². The van der Waals surface area contributed by atoms with Gasteiger partial charge in [-0.3, -0.25) is 9.59 Å². The van der Waals surface area contributed by atoms with E-state index in [1.807, 2.05) is 0 Å². The lowest BCUT2D eigenvalue weighted by Crippen LogP contribution is -2.46. The van der Waals surface area contributed by atoms with Crippen LogP contribution in [0.1, 0.15) is 30.6 Å². The third kappa shape index (κ3) is 6.75. The van der Waals surface area contributed by atoms with E-state index in [1.54, 1.807) is 31.2 Å². The summed E-state index contributed by atoms with van der Waals surface area (Å²) in [5, 5.41) is 13.0. The molecule has 124 valence electrons. The van der Waals surface area contributed by atoms with Gasteiger partial charge in [-0.05, 0) is 38.1 Å². The largest absolute Gasteiger partial charge is 0.465 e. The van der Waals surface area contributed by atoms with E-state index in [9.17, 15) is 14.7 Å². The molecule has 0 heterocycles. The molecule has 1 aromatic rings. The number of carbonyl (C=O) groups is 2. The van der Waals surface area contributed by atoms with Gasteiger partial charge in [0.2, 0.25) is 0 Å². The van der Waals surface area contributed by atoms with Crippen LogP contribution < -0.4 is 5.32 Å². The van der Waals surface area contributed by atoms with Gasteiger partial charge < -0.3 is 15.2 Å². The molecule has 0 bridgehead atoms. The summed E-state index contributed by atoms with van der Waals surface area (Å²) in [5.41, 5.74) is 0.561. The minimum Gasteiger partial charge on any atom is -0.465 e. The Morgan fingerprint density at radius 2 is 1.91 bits per heavy atom. The number of ketones is 1. The zero-order chi connectivity index (χ0) is 15.8. The smallest absolute Gasteiger partial charge is 0.325 e. The zero-order valence-electron chi connectivity index (χ0n) is 12.5. The first-order chi connectivity index (χ1) is 9.95. The minimum atomic E-state index is -0.894. The van der Waals surface area contributed by atoms with Crippen LogP contribution in [0, 0.1) is 0 Å². The summed E-state index contributed by atoms with van der Waals surface area (Å²) >= 11 is 5.76. The van der Waals surface area contributed by atoms with Crippen LogP contribution in [-0.4, -0.2) is 42.2 Å². The average molecular weight is 350 g/mol. The molecule has 0 saturated heterocycles. The van der Waals surface area contributed by atoms with Gasteiger partial charge in [0.15, 0.2) is 5.78 Å². The van der Waals surface area contributed by atoms with Crippen LogP contribution in [0.25, 0.3) is 0 Å². The fourth-order valence-electron chi connectivity index (χ4n) is 1.80. The summed E-state index contributed by atoms with van der Waals surface area (Å²) in [6.07, 6.45) is -0.681. The molecule has 0 aromatic heterocycles. The van der Waals surface area contributed by atoms with Crippen LogP contribution in [0.2, 0.25) is 5.02 Å². The second-order valence-corrected chi connectivity index (χ2v) is 5.04. The molecule has 0 saturated carbocycles. The number of hydrogen-bond donors (Lipinski definition) is 2. The Kier molecular flexibility index (Phi) is 10.0. The zero-order valence-corrected chi connectivity index (χ0v) is 14.1. The lowest BCUT2D eigenvalue weighted by Gasteiger charge is -2.19. The number of benzene rings is 1. The van der Waals surface area contributed by atoms with Crippen molar-refractivity contribution in [2.24, 2.45) is 0 Å². The van der Waals surface area contributed by atoms with Crippen molar-refractivity contribution >= 4 is 35.8 Å². The summed E-state index contributed by atoms with van der Waals surface area (Å²) in [7, 11) is 0. The predicted octanol–water partition coefficient (Wildman–Crippen LogP) is 2.24. The second kappa shape index (κ2) is 10.6. The number of Topliss-reactive ketones (excluding diaryl/α,β-unsaturated/α-hetero) is 1. The highest BCUT2D eigenvalue weighted by molar-refractivity contribution is 6.30. The molecule has 1 aromatic carbocycles. The maximum atomic E-state index is 11.9. The van der Waals surface area contributed by atoms with Gasteiger partial charge in [0.1, 0.15) is 6.04 Å². The second-order valence-electron chi connectivity index (χ2n) is 4.60. The van der Waals surface area contributed by atoms with Crippen LogP contribution in [0.4, 0.5) is 0 Å². The van der Waals surface area contributed by atoms with E-state index >= 15 is 0 Å². The van der Waals surface area contributed by atoms with Crippen molar-refractivity contribution in [3.05, 3.63) is 34.9 Å². The molecular formula is C15H21Cl2NO4. The molecule has 2 atom stereocenters. The fourth-order valence-corrected chi connectivity index (χ4v) is 1.93. The number of nitrogens with one attached hydrogen (secondary N) is 1. The van der Waals surface area contributed by atoms with Crippen molar-refractivity contribution < 1.29 is 19.4 Å². The van der Waals surface area contributed by atoms with Crippen LogP contribution in [-0.2, 0) is 9.53 Å². The predicted molar refractivity (Wildman–Crippen MR) is 87.8 cm³/mol. The van der Waals surface area contributed by atoms with Gasteiger partial charge in [-0.15, -0.1) is 12.4 Å². The Bertz CT molecular complexity index is 477. The first-order valence-electron chi connectivity index (χ1n) is 6.82. The standard InChI is InChI=1S/C15H20ClNO4.ClH/c1-3-21-15(20)14(10(2)18)17-9-8-13(19)11-4-6-12(16)7-5-11;/h4-7,10,14,17-18H,3,8-9H2,1-2H3;1H. The van der Waals surface area contributed by atoms with Gasteiger partial charge in [0.05, 0.1) is 12.7 Å². The minimum absolute atomic E-state index is 0. The van der Waals surface area contributed by atoms with Crippen molar-refractivity contribution in [3.8, 4) is 0 Å². The highest BCUT2D eigenvalue weighted by Crippen LogP contribution is 2.11. The molecule has 0 fully saturated rings. The van der Waals surface area contributed by atoms with Crippen molar-refractivity contribution in [1.82, 2.24) is 5.32 Å². The quantitative estimate of drug-likeness (QED) is 0.556. The van der Waals surface area contributed by atoms with Crippen molar-refractivity contribution in [1.29, 1.82) is 0 Å². The Morgan fingerprint density at radius 3 is 2.41 bits per heavy atom. The maximum absolute atomic E-state index is 11.9. The third-order valence-electron chi connectivity index (χ3n) is 2.91. The number of halogens is 2. The molecule has 0 amide bonds. The molecule has 0 spiro atoms. The highest BCUT2D eigenvalue weighted by atomic mass is 35.5. The summed E-state index contributed by atoms with van der Waals surface area (Å²) in [6.45, 7) is 3.71. The van der Waals surface area contributed by atoms with Crippen molar-refractivity contribution in [2.75, 3.05) is 13.2 Å². The molecule has 22 heavy (non-hydrogen) atoms. The summed E-state index contributed by atoms with van der Waals surface area (Å²) in [5.74, 6) is -0.584. The molecule has 0 aliphatic rings. The van der Waals surface area contributed by atoms with Crippen LogP contribution in [0.3, 0.4) is 0 Å². The van der Waals surface area contributed by atoms with Gasteiger partial charge in [-0.2, -0.15) is 0 Å². The Labute approximate surface area is 141 Å². The number of esters is 1. The number of carbonyl (C=O) groups excluding carboxylic acids is 2. The van der Waals surface area contributed by atoms with E-state index in [1.165, 1.54) is 6.92 Å². The topological polar surface area (TPSA) is 75.6 Å². The van der Waals surface area contributed by atoms with Crippen LogP contribution in [0.5, 0.6) is 0 Å². The highest BCUT2D eigenvalue weighted by Gasteiger charge is 2.24. The van der Waals surface area contributed by atoms with Gasteiger partial charge in [0, 0.05) is 23.6 Å². The molecular weight excluding hydrogens is 329 g/mol. The first kappa shape index (κ1) is 20.9. The average Bonchev–Trinajstić information content (AvgIpc) is 2.43. The van der Waals surface area contributed by atoms with E-state index in [4.69, 9.17) is 16.3 Å². The van der Waals surface area contributed by atoms with E-state index in [2.05, 4.69) is 5.32 Å². The molecule has 7 heteroatoms. The molecule has 0 aliphatic carbocycles. The van der Waals surface area contributed by atoms with Gasteiger partial charge in [-0.25, -0.2) is 0 Å². The molecule has 1 rings (SSSR count). The molecule has 2 N–H and O–H groups in total. The third-order valence-corrected chi connectivity index (χ3v) is 3.16. The molecule has 5 nitrogen and oxygen atoms in total. The molecule has 0 aliphatic heterocycles. The first-order valence-corrected chi connectivity index (χ1v) is 7.20. The SMILES string of the molecule is CCOC(=O)C(NCCC(=O)c1ccc(Cl)cc1)C(C)O.Cl. The number of ether oxygens (including phenoxy) is 1. The van der Waals surface area contributed by atoms with Gasteiger partial charge in [-0.1, -0.05) is 11.6 Å². The number of aliphatic hydroxyl groups is 1. The molecule has 0 radical (unpaired) electrons. The lowest BCUT2D eigenvalue weighted by molar-refractivity contribution is -0.148. The number of rotatable bonds is 8. The Hall–Kier alpha value is -1.14. The fraction of sp³-hybridized carbons (Fsp3) is 0.467. The molecule has 2 unspecified atom stereocenters. The van der Waals surface area contributed by atoms with Crippen molar-refractivity contribution in [3.63, 3.8) is 0 Å².